The van der Waals surface area contributed by atoms with E-state index in [2.05, 4.69) is 106 Å². The highest BCUT2D eigenvalue weighted by Crippen LogP contribution is 2.39. The van der Waals surface area contributed by atoms with Crippen LogP contribution in [0.15, 0.2) is 170 Å². The lowest BCUT2D eigenvalue weighted by atomic mass is 9.97. The molecular formula is C45H28N4Si. The van der Waals surface area contributed by atoms with Crippen LogP contribution in [0.3, 0.4) is 0 Å². The molecule has 0 unspecified atom stereocenters. The number of aromatic nitrogens is 1. The van der Waals surface area contributed by atoms with Gasteiger partial charge >= 0.3 is 0 Å². The molecule has 50 heavy (non-hydrogen) atoms. The minimum atomic E-state index is -3.08. The van der Waals surface area contributed by atoms with Gasteiger partial charge in [0.05, 0.1) is 40.5 Å². The fourth-order valence-corrected chi connectivity index (χ4v) is 12.6. The first-order valence-corrected chi connectivity index (χ1v) is 18.4. The van der Waals surface area contributed by atoms with Crippen molar-refractivity contribution in [2.45, 2.75) is 0 Å². The van der Waals surface area contributed by atoms with Crippen molar-refractivity contribution in [3.05, 3.63) is 192 Å². The molecule has 0 bridgehead atoms. The Kier molecular flexibility index (Phi) is 7.63. The van der Waals surface area contributed by atoms with E-state index in [0.29, 0.717) is 22.4 Å². The van der Waals surface area contributed by atoms with Crippen LogP contribution in [-0.4, -0.2) is 12.6 Å². The van der Waals surface area contributed by atoms with Crippen LogP contribution in [-0.2, 0) is 0 Å². The molecule has 4 nitrogen and oxygen atoms in total. The molecular weight excluding hydrogens is 625 g/mol. The summed E-state index contributed by atoms with van der Waals surface area (Å²) in [6.07, 6.45) is 0. The zero-order chi connectivity index (χ0) is 34.1. The van der Waals surface area contributed by atoms with Crippen molar-refractivity contribution in [3.8, 4) is 29.0 Å². The van der Waals surface area contributed by atoms with E-state index in [-0.39, 0.29) is 0 Å². The van der Waals surface area contributed by atoms with E-state index in [4.69, 9.17) is 6.57 Å². The Hall–Kier alpha value is -6.97. The highest BCUT2D eigenvalue weighted by Gasteiger charge is 2.43. The van der Waals surface area contributed by atoms with Crippen molar-refractivity contribution in [1.29, 1.82) is 10.5 Å². The molecule has 0 amide bonds. The summed E-state index contributed by atoms with van der Waals surface area (Å²) in [4.78, 5) is 4.11. The fraction of sp³-hybridized carbons (Fsp3) is 0. The van der Waals surface area contributed by atoms with Gasteiger partial charge in [-0.25, -0.2) is 4.85 Å². The smallest absolute Gasteiger partial charge is 0.194 e. The molecule has 0 N–H and O–H groups in total. The molecule has 0 aliphatic rings. The van der Waals surface area contributed by atoms with Crippen molar-refractivity contribution in [1.82, 2.24) is 4.57 Å². The highest BCUT2D eigenvalue weighted by atomic mass is 28.3. The summed E-state index contributed by atoms with van der Waals surface area (Å²) in [5.74, 6) is 0. The molecule has 0 saturated heterocycles. The quantitative estimate of drug-likeness (QED) is 0.104. The Labute approximate surface area is 291 Å². The number of nitriles is 2. The van der Waals surface area contributed by atoms with E-state index in [9.17, 15) is 10.5 Å². The summed E-state index contributed by atoms with van der Waals surface area (Å²) in [7, 11) is -3.08. The Balaban J connectivity index is 1.51. The standard InChI is InChI=1S/C45H28N4Si/c1-48-40-23-14-26-44(50(33-15-5-2-6-16-33,34-17-7-3-8-18-34)35-19-9-4-10-20-35)45(40)37-22-13-25-42(39(37)31-47)49-41-24-12-11-21-36(41)38-29-32(30-46)27-28-43(38)49/h2-29H. The fourth-order valence-electron chi connectivity index (χ4n) is 7.61. The van der Waals surface area contributed by atoms with Gasteiger partial charge in [0.2, 0.25) is 0 Å². The maximum Gasteiger partial charge on any atom is 0.194 e. The van der Waals surface area contributed by atoms with Crippen LogP contribution in [0.2, 0.25) is 0 Å². The minimum absolute atomic E-state index is 0.481. The first-order valence-electron chi connectivity index (χ1n) is 16.4. The molecule has 8 aromatic rings. The molecule has 0 spiro atoms. The summed E-state index contributed by atoms with van der Waals surface area (Å²) in [5, 5.41) is 27.4. The van der Waals surface area contributed by atoms with Gasteiger partial charge in [-0.1, -0.05) is 140 Å². The molecule has 8 rings (SSSR count). The van der Waals surface area contributed by atoms with Crippen LogP contribution in [0, 0.1) is 29.2 Å². The van der Waals surface area contributed by atoms with E-state index in [1.807, 2.05) is 84.9 Å². The number of nitrogens with zero attached hydrogens (tertiary/aromatic N) is 4. The molecule has 1 heterocycles. The number of hydrogen-bond donors (Lipinski definition) is 0. The Morgan fingerprint density at radius 1 is 0.540 bits per heavy atom. The molecule has 0 fully saturated rings. The number of para-hydroxylation sites is 1. The van der Waals surface area contributed by atoms with Gasteiger partial charge in [0.1, 0.15) is 6.07 Å². The largest absolute Gasteiger partial charge is 0.308 e. The van der Waals surface area contributed by atoms with Crippen LogP contribution in [0.5, 0.6) is 0 Å². The summed E-state index contributed by atoms with van der Waals surface area (Å²) in [5.41, 5.74) is 5.60. The van der Waals surface area contributed by atoms with Crippen molar-refractivity contribution < 1.29 is 0 Å². The summed E-state index contributed by atoms with van der Waals surface area (Å²) in [6, 6.07) is 62.5. The predicted octanol–water partition coefficient (Wildman–Crippen LogP) is 8.12. The third-order valence-corrected chi connectivity index (χ3v) is 14.5. The summed E-state index contributed by atoms with van der Waals surface area (Å²) < 4.78 is 2.12. The molecule has 5 heteroatoms. The van der Waals surface area contributed by atoms with Crippen LogP contribution >= 0.6 is 0 Å². The van der Waals surface area contributed by atoms with Crippen molar-refractivity contribution in [3.63, 3.8) is 0 Å². The van der Waals surface area contributed by atoms with Gasteiger partial charge in [-0.15, -0.1) is 0 Å². The second kappa shape index (κ2) is 12.6. The zero-order valence-corrected chi connectivity index (χ0v) is 28.0. The predicted molar refractivity (Wildman–Crippen MR) is 206 cm³/mol. The lowest BCUT2D eigenvalue weighted by Gasteiger charge is -2.36. The average molecular weight is 653 g/mol. The van der Waals surface area contributed by atoms with Crippen LogP contribution in [0.4, 0.5) is 5.69 Å². The zero-order valence-electron chi connectivity index (χ0n) is 27.0. The molecule has 0 aliphatic carbocycles. The topological polar surface area (TPSA) is 56.9 Å². The SMILES string of the molecule is [C-]#[N+]c1cccc([Si](c2ccccc2)(c2ccccc2)c2ccccc2)c1-c1cccc(-n2c3ccccc3c3cc(C#N)ccc32)c1C#N. The first-order chi connectivity index (χ1) is 24.7. The van der Waals surface area contributed by atoms with Gasteiger partial charge in [0.15, 0.2) is 13.8 Å². The third-order valence-electron chi connectivity index (χ3n) is 9.65. The number of rotatable bonds is 6. The Morgan fingerprint density at radius 2 is 1.12 bits per heavy atom. The molecule has 0 atom stereocenters. The van der Waals surface area contributed by atoms with Crippen LogP contribution < -0.4 is 20.7 Å². The maximum atomic E-state index is 11.1. The Bertz CT molecular complexity index is 2580. The molecule has 0 aliphatic heterocycles. The second-order valence-corrected chi connectivity index (χ2v) is 15.9. The minimum Gasteiger partial charge on any atom is -0.308 e. The van der Waals surface area contributed by atoms with Crippen LogP contribution in [0.25, 0.3) is 43.5 Å². The summed E-state index contributed by atoms with van der Waals surface area (Å²) in [6.45, 7) is 8.45. The molecule has 0 radical (unpaired) electrons. The molecule has 0 saturated carbocycles. The van der Waals surface area contributed by atoms with Crippen LogP contribution in [0.1, 0.15) is 11.1 Å². The van der Waals surface area contributed by atoms with Gasteiger partial charge in [-0.05, 0) is 62.2 Å². The lowest BCUT2D eigenvalue weighted by Crippen LogP contribution is -2.75. The third kappa shape index (κ3) is 4.64. The maximum absolute atomic E-state index is 11.1. The van der Waals surface area contributed by atoms with E-state index in [0.717, 1.165) is 38.2 Å². The summed E-state index contributed by atoms with van der Waals surface area (Å²) >= 11 is 0. The first kappa shape index (κ1) is 30.4. The molecule has 1 aromatic heterocycles. The molecule has 232 valence electrons. The van der Waals surface area contributed by atoms with E-state index in [1.54, 1.807) is 0 Å². The number of fused-ring (bicyclic) bond motifs is 3. The highest BCUT2D eigenvalue weighted by molar-refractivity contribution is 7.20. The van der Waals surface area contributed by atoms with E-state index < -0.39 is 8.07 Å². The average Bonchev–Trinajstić information content (AvgIpc) is 3.52. The second-order valence-electron chi connectivity index (χ2n) is 12.2. The van der Waals surface area contributed by atoms with Gasteiger partial charge in [0.25, 0.3) is 0 Å². The van der Waals surface area contributed by atoms with Crippen molar-refractivity contribution in [2.24, 2.45) is 0 Å². The van der Waals surface area contributed by atoms with E-state index >= 15 is 0 Å². The lowest BCUT2D eigenvalue weighted by molar-refractivity contribution is 1.17. The van der Waals surface area contributed by atoms with Crippen molar-refractivity contribution >= 4 is 56.3 Å². The van der Waals surface area contributed by atoms with Gasteiger partial charge in [-0.2, -0.15) is 10.5 Å². The van der Waals surface area contributed by atoms with Crippen molar-refractivity contribution in [2.75, 3.05) is 0 Å². The van der Waals surface area contributed by atoms with Gasteiger partial charge < -0.3 is 4.57 Å². The normalized spacial score (nSPS) is 11.1. The van der Waals surface area contributed by atoms with Gasteiger partial charge in [-0.3, -0.25) is 0 Å². The van der Waals surface area contributed by atoms with E-state index in [1.165, 1.54) is 15.6 Å². The van der Waals surface area contributed by atoms with Gasteiger partial charge in [0, 0.05) is 10.8 Å². The number of benzene rings is 7. The molecule has 7 aromatic carbocycles. The monoisotopic (exact) mass is 652 g/mol. The Morgan fingerprint density at radius 3 is 1.72 bits per heavy atom. The number of hydrogen-bond acceptors (Lipinski definition) is 2.